The van der Waals surface area contributed by atoms with Crippen LogP contribution < -0.4 is 4.74 Å². The number of benzene rings is 1. The first-order valence-electron chi connectivity index (χ1n) is 7.01. The Morgan fingerprint density at radius 3 is 2.80 bits per heavy atom. The van der Waals surface area contributed by atoms with Gasteiger partial charge in [0.2, 0.25) is 0 Å². The number of aliphatic hydroxyl groups is 1. The first-order valence-corrected chi connectivity index (χ1v) is 7.01. The molecule has 0 aliphatic rings. The van der Waals surface area contributed by atoms with Crippen LogP contribution in [-0.2, 0) is 6.42 Å². The molecule has 0 saturated heterocycles. The maximum Gasteiger partial charge on any atom is 0.119 e. The molecule has 3 nitrogen and oxygen atoms in total. The molecule has 3 heteroatoms. The van der Waals surface area contributed by atoms with Crippen molar-refractivity contribution in [1.82, 2.24) is 4.98 Å². The van der Waals surface area contributed by atoms with Gasteiger partial charge in [-0.15, -0.1) is 0 Å². The van der Waals surface area contributed by atoms with Gasteiger partial charge in [-0.3, -0.25) is 4.98 Å². The van der Waals surface area contributed by atoms with Crippen LogP contribution in [0.5, 0.6) is 5.75 Å². The van der Waals surface area contributed by atoms with Gasteiger partial charge in [0, 0.05) is 18.3 Å². The fourth-order valence-electron chi connectivity index (χ4n) is 1.97. The first kappa shape index (κ1) is 14.5. The highest BCUT2D eigenvalue weighted by molar-refractivity contribution is 5.30. The lowest BCUT2D eigenvalue weighted by atomic mass is 10.0. The molecule has 0 bridgehead atoms. The SMILES string of the molecule is CCCOc1cccc(C(O)Cc2ccc(C)cn2)c1. The predicted molar refractivity (Wildman–Crippen MR) is 79.9 cm³/mol. The zero-order valence-electron chi connectivity index (χ0n) is 12.0. The van der Waals surface area contributed by atoms with Gasteiger partial charge in [-0.25, -0.2) is 0 Å². The number of nitrogens with zero attached hydrogens (tertiary/aromatic N) is 1. The van der Waals surface area contributed by atoms with Crippen LogP contribution in [-0.4, -0.2) is 16.7 Å². The Kier molecular flexibility index (Phi) is 5.13. The molecular formula is C17H21NO2. The van der Waals surface area contributed by atoms with Gasteiger partial charge in [0.05, 0.1) is 12.7 Å². The highest BCUT2D eigenvalue weighted by Gasteiger charge is 2.10. The van der Waals surface area contributed by atoms with Gasteiger partial charge in [0.15, 0.2) is 0 Å². The molecule has 1 heterocycles. The van der Waals surface area contributed by atoms with E-state index in [0.29, 0.717) is 13.0 Å². The molecule has 106 valence electrons. The molecule has 2 rings (SSSR count). The number of aliphatic hydroxyl groups excluding tert-OH is 1. The molecule has 0 spiro atoms. The highest BCUT2D eigenvalue weighted by Crippen LogP contribution is 2.22. The zero-order valence-corrected chi connectivity index (χ0v) is 12.0. The van der Waals surface area contributed by atoms with Crippen molar-refractivity contribution in [2.24, 2.45) is 0 Å². The van der Waals surface area contributed by atoms with Crippen molar-refractivity contribution in [2.45, 2.75) is 32.8 Å². The van der Waals surface area contributed by atoms with Gasteiger partial charge < -0.3 is 9.84 Å². The van der Waals surface area contributed by atoms with Gasteiger partial charge in [0.1, 0.15) is 5.75 Å². The van der Waals surface area contributed by atoms with Crippen LogP contribution in [0.3, 0.4) is 0 Å². The summed E-state index contributed by atoms with van der Waals surface area (Å²) >= 11 is 0. The largest absolute Gasteiger partial charge is 0.494 e. The lowest BCUT2D eigenvalue weighted by molar-refractivity contribution is 0.176. The van der Waals surface area contributed by atoms with Crippen LogP contribution in [0.2, 0.25) is 0 Å². The van der Waals surface area contributed by atoms with E-state index in [0.717, 1.165) is 29.0 Å². The number of pyridine rings is 1. The molecule has 0 fully saturated rings. The van der Waals surface area contributed by atoms with E-state index in [1.807, 2.05) is 49.5 Å². The summed E-state index contributed by atoms with van der Waals surface area (Å²) in [5.74, 6) is 0.806. The molecule has 1 aromatic carbocycles. The molecular weight excluding hydrogens is 250 g/mol. The molecule has 1 atom stereocenters. The Balaban J connectivity index is 2.04. The molecule has 0 saturated carbocycles. The van der Waals surface area contributed by atoms with E-state index in [1.54, 1.807) is 0 Å². The third-order valence-electron chi connectivity index (χ3n) is 3.09. The average molecular weight is 271 g/mol. The van der Waals surface area contributed by atoms with E-state index < -0.39 is 6.10 Å². The van der Waals surface area contributed by atoms with Crippen molar-refractivity contribution in [3.05, 3.63) is 59.4 Å². The van der Waals surface area contributed by atoms with Crippen LogP contribution >= 0.6 is 0 Å². The van der Waals surface area contributed by atoms with E-state index in [2.05, 4.69) is 11.9 Å². The van der Waals surface area contributed by atoms with E-state index >= 15 is 0 Å². The second-order valence-corrected chi connectivity index (χ2v) is 4.97. The summed E-state index contributed by atoms with van der Waals surface area (Å²) in [6.07, 6.45) is 2.75. The molecule has 1 unspecified atom stereocenters. The van der Waals surface area contributed by atoms with Crippen LogP contribution in [0.4, 0.5) is 0 Å². The van der Waals surface area contributed by atoms with Crippen molar-refractivity contribution in [3.8, 4) is 5.75 Å². The maximum atomic E-state index is 10.3. The summed E-state index contributed by atoms with van der Waals surface area (Å²) in [6.45, 7) is 4.77. The molecule has 0 radical (unpaired) electrons. The summed E-state index contributed by atoms with van der Waals surface area (Å²) in [6, 6.07) is 11.6. The zero-order chi connectivity index (χ0) is 14.4. The van der Waals surface area contributed by atoms with Gasteiger partial charge in [-0.05, 0) is 42.7 Å². The molecule has 0 amide bonds. The molecule has 2 aromatic rings. The molecule has 1 aromatic heterocycles. The Labute approximate surface area is 120 Å². The van der Waals surface area contributed by atoms with Gasteiger partial charge >= 0.3 is 0 Å². The summed E-state index contributed by atoms with van der Waals surface area (Å²) in [5, 5.41) is 10.3. The lowest BCUT2D eigenvalue weighted by Gasteiger charge is -2.12. The molecule has 1 N–H and O–H groups in total. The minimum absolute atomic E-state index is 0.511. The van der Waals surface area contributed by atoms with E-state index in [-0.39, 0.29) is 0 Å². The number of rotatable bonds is 6. The summed E-state index contributed by atoms with van der Waals surface area (Å²) in [5.41, 5.74) is 2.88. The normalized spacial score (nSPS) is 12.2. The van der Waals surface area contributed by atoms with Crippen LogP contribution in [0, 0.1) is 6.92 Å². The quantitative estimate of drug-likeness (QED) is 0.875. The van der Waals surface area contributed by atoms with Crippen LogP contribution in [0.1, 0.15) is 36.3 Å². The Bertz CT molecular complexity index is 537. The Hall–Kier alpha value is -1.87. The fraction of sp³-hybridized carbons (Fsp3) is 0.353. The second kappa shape index (κ2) is 7.06. The average Bonchev–Trinajstić information content (AvgIpc) is 2.48. The van der Waals surface area contributed by atoms with Gasteiger partial charge in [0.25, 0.3) is 0 Å². The summed E-state index contributed by atoms with van der Waals surface area (Å²) in [4.78, 5) is 4.32. The van der Waals surface area contributed by atoms with Crippen molar-refractivity contribution in [1.29, 1.82) is 0 Å². The Morgan fingerprint density at radius 1 is 1.25 bits per heavy atom. The first-order chi connectivity index (χ1) is 9.69. The van der Waals surface area contributed by atoms with Crippen molar-refractivity contribution in [3.63, 3.8) is 0 Å². The molecule has 20 heavy (non-hydrogen) atoms. The monoisotopic (exact) mass is 271 g/mol. The third-order valence-corrected chi connectivity index (χ3v) is 3.09. The Morgan fingerprint density at radius 2 is 2.10 bits per heavy atom. The molecule has 0 aliphatic carbocycles. The number of ether oxygens (including phenoxy) is 1. The number of aryl methyl sites for hydroxylation is 1. The maximum absolute atomic E-state index is 10.3. The number of hydrogen-bond acceptors (Lipinski definition) is 3. The summed E-state index contributed by atoms with van der Waals surface area (Å²) < 4.78 is 5.59. The number of aromatic nitrogens is 1. The highest BCUT2D eigenvalue weighted by atomic mass is 16.5. The third kappa shape index (κ3) is 4.07. The smallest absolute Gasteiger partial charge is 0.119 e. The second-order valence-electron chi connectivity index (χ2n) is 4.97. The topological polar surface area (TPSA) is 42.4 Å². The van der Waals surface area contributed by atoms with Gasteiger partial charge in [-0.1, -0.05) is 25.1 Å². The predicted octanol–water partition coefficient (Wildman–Crippen LogP) is 3.45. The van der Waals surface area contributed by atoms with E-state index in [4.69, 9.17) is 4.74 Å². The van der Waals surface area contributed by atoms with E-state index in [9.17, 15) is 5.11 Å². The fourth-order valence-corrected chi connectivity index (χ4v) is 1.97. The van der Waals surface area contributed by atoms with Crippen LogP contribution in [0.25, 0.3) is 0 Å². The lowest BCUT2D eigenvalue weighted by Crippen LogP contribution is -2.04. The van der Waals surface area contributed by atoms with Crippen LogP contribution in [0.15, 0.2) is 42.6 Å². The van der Waals surface area contributed by atoms with Crippen molar-refractivity contribution in [2.75, 3.05) is 6.61 Å². The van der Waals surface area contributed by atoms with E-state index in [1.165, 1.54) is 0 Å². The minimum Gasteiger partial charge on any atom is -0.494 e. The number of hydrogen-bond donors (Lipinski definition) is 1. The summed E-state index contributed by atoms with van der Waals surface area (Å²) in [7, 11) is 0. The van der Waals surface area contributed by atoms with Gasteiger partial charge in [-0.2, -0.15) is 0 Å². The molecule has 0 aliphatic heterocycles. The van der Waals surface area contributed by atoms with Crippen molar-refractivity contribution >= 4 is 0 Å². The minimum atomic E-state index is -0.560. The van der Waals surface area contributed by atoms with Crippen molar-refractivity contribution < 1.29 is 9.84 Å². The standard InChI is InChI=1S/C17H21NO2/c1-3-9-20-16-6-4-5-14(10-16)17(19)11-15-8-7-13(2)12-18-15/h4-8,10,12,17,19H,3,9,11H2,1-2H3.